The number of thiophene rings is 1. The number of ketones is 1. The predicted octanol–water partition coefficient (Wildman–Crippen LogP) is 2.95. The van der Waals surface area contributed by atoms with E-state index in [0.717, 1.165) is 0 Å². The Morgan fingerprint density at radius 1 is 1.17 bits per heavy atom. The molecule has 0 saturated heterocycles. The van der Waals surface area contributed by atoms with Gasteiger partial charge in [-0.1, -0.05) is 12.1 Å². The summed E-state index contributed by atoms with van der Waals surface area (Å²) >= 11 is 1.33. The number of carbonyl (C=O) groups is 3. The summed E-state index contributed by atoms with van der Waals surface area (Å²) in [5, 5.41) is 4.32. The summed E-state index contributed by atoms with van der Waals surface area (Å²) in [6.45, 7) is -0.164. The zero-order valence-corrected chi connectivity index (χ0v) is 13.9. The number of hydrogen-bond acceptors (Lipinski definition) is 4. The van der Waals surface area contributed by atoms with E-state index >= 15 is 0 Å². The van der Waals surface area contributed by atoms with Gasteiger partial charge in [-0.25, -0.2) is 4.39 Å². The SMILES string of the molecule is CN(CC(=O)Nc1cccc(F)c1)C(=O)CCC(=O)c1cccs1. The molecule has 7 heteroatoms. The summed E-state index contributed by atoms with van der Waals surface area (Å²) in [6.07, 6.45) is 0.148. The van der Waals surface area contributed by atoms with Gasteiger partial charge < -0.3 is 10.2 Å². The van der Waals surface area contributed by atoms with Crippen molar-refractivity contribution in [1.29, 1.82) is 0 Å². The predicted molar refractivity (Wildman–Crippen MR) is 90.6 cm³/mol. The maximum Gasteiger partial charge on any atom is 0.243 e. The molecule has 2 amide bonds. The Hall–Kier alpha value is -2.54. The van der Waals surface area contributed by atoms with Crippen LogP contribution in [-0.4, -0.2) is 36.1 Å². The van der Waals surface area contributed by atoms with Gasteiger partial charge >= 0.3 is 0 Å². The van der Waals surface area contributed by atoms with Crippen molar-refractivity contribution in [3.8, 4) is 0 Å². The molecule has 1 heterocycles. The fourth-order valence-electron chi connectivity index (χ4n) is 2.04. The van der Waals surface area contributed by atoms with Crippen LogP contribution >= 0.6 is 11.3 Å². The molecule has 5 nitrogen and oxygen atoms in total. The molecule has 2 rings (SSSR count). The monoisotopic (exact) mass is 348 g/mol. The highest BCUT2D eigenvalue weighted by molar-refractivity contribution is 7.12. The third-order valence-electron chi connectivity index (χ3n) is 3.28. The Morgan fingerprint density at radius 2 is 1.96 bits per heavy atom. The molecular formula is C17H17FN2O3S. The van der Waals surface area contributed by atoms with E-state index in [9.17, 15) is 18.8 Å². The van der Waals surface area contributed by atoms with Crippen LogP contribution in [0.3, 0.4) is 0 Å². The van der Waals surface area contributed by atoms with Gasteiger partial charge in [-0.15, -0.1) is 11.3 Å². The molecule has 0 saturated carbocycles. The summed E-state index contributed by atoms with van der Waals surface area (Å²) in [6, 6.07) is 9.00. The number of nitrogens with one attached hydrogen (secondary N) is 1. The third-order valence-corrected chi connectivity index (χ3v) is 4.19. The van der Waals surface area contributed by atoms with Gasteiger partial charge in [-0.05, 0) is 29.6 Å². The minimum atomic E-state index is -0.454. The average Bonchev–Trinajstić information content (AvgIpc) is 3.06. The van der Waals surface area contributed by atoms with Gasteiger partial charge in [-0.3, -0.25) is 14.4 Å². The quantitative estimate of drug-likeness (QED) is 0.783. The molecule has 0 aliphatic carbocycles. The standard InChI is InChI=1S/C17H17FN2O3S/c1-20(11-16(22)19-13-5-2-4-12(18)10-13)17(23)8-7-14(21)15-6-3-9-24-15/h2-6,9-10H,7-8,11H2,1H3,(H,19,22). The topological polar surface area (TPSA) is 66.5 Å². The summed E-state index contributed by atoms with van der Waals surface area (Å²) < 4.78 is 13.1. The molecule has 1 aromatic heterocycles. The summed E-state index contributed by atoms with van der Waals surface area (Å²) in [7, 11) is 1.49. The van der Waals surface area contributed by atoms with Gasteiger partial charge in [0, 0.05) is 25.6 Å². The van der Waals surface area contributed by atoms with Crippen LogP contribution in [-0.2, 0) is 9.59 Å². The van der Waals surface area contributed by atoms with Crippen LogP contribution < -0.4 is 5.32 Å². The fourth-order valence-corrected chi connectivity index (χ4v) is 2.74. The number of nitrogens with zero attached hydrogens (tertiary/aromatic N) is 1. The molecule has 1 aromatic carbocycles. The van der Waals surface area contributed by atoms with Crippen molar-refractivity contribution in [2.75, 3.05) is 18.9 Å². The van der Waals surface area contributed by atoms with Crippen LogP contribution in [0.4, 0.5) is 10.1 Å². The van der Waals surface area contributed by atoms with Crippen LogP contribution in [0.15, 0.2) is 41.8 Å². The van der Waals surface area contributed by atoms with Crippen LogP contribution in [0.25, 0.3) is 0 Å². The van der Waals surface area contributed by atoms with Crippen molar-refractivity contribution in [3.63, 3.8) is 0 Å². The van der Waals surface area contributed by atoms with Crippen LogP contribution in [0.1, 0.15) is 22.5 Å². The van der Waals surface area contributed by atoms with E-state index in [1.165, 1.54) is 41.5 Å². The van der Waals surface area contributed by atoms with E-state index in [0.29, 0.717) is 10.6 Å². The Bertz CT molecular complexity index is 731. The summed E-state index contributed by atoms with van der Waals surface area (Å²) in [5.74, 6) is -1.27. The first kappa shape index (κ1) is 17.8. The van der Waals surface area contributed by atoms with Crippen molar-refractivity contribution in [2.45, 2.75) is 12.8 Å². The molecule has 0 spiro atoms. The van der Waals surface area contributed by atoms with Crippen molar-refractivity contribution in [2.24, 2.45) is 0 Å². The van der Waals surface area contributed by atoms with E-state index in [-0.39, 0.29) is 31.1 Å². The lowest BCUT2D eigenvalue weighted by molar-refractivity contribution is -0.133. The molecule has 0 unspecified atom stereocenters. The van der Waals surface area contributed by atoms with Crippen molar-refractivity contribution >= 4 is 34.6 Å². The zero-order valence-electron chi connectivity index (χ0n) is 13.1. The Labute approximate surface area is 143 Å². The van der Waals surface area contributed by atoms with Gasteiger partial charge in [0.1, 0.15) is 5.82 Å². The first-order valence-corrected chi connectivity index (χ1v) is 8.20. The van der Waals surface area contributed by atoms with Gasteiger partial charge in [0.25, 0.3) is 0 Å². The normalized spacial score (nSPS) is 10.2. The van der Waals surface area contributed by atoms with Crippen molar-refractivity contribution < 1.29 is 18.8 Å². The maximum atomic E-state index is 13.1. The number of benzene rings is 1. The second kappa shape index (κ2) is 8.35. The molecule has 0 aliphatic rings. The molecule has 126 valence electrons. The molecule has 0 atom stereocenters. The first-order valence-electron chi connectivity index (χ1n) is 7.32. The van der Waals surface area contributed by atoms with Gasteiger partial charge in [0.05, 0.1) is 11.4 Å². The highest BCUT2D eigenvalue weighted by Crippen LogP contribution is 2.13. The smallest absolute Gasteiger partial charge is 0.243 e. The summed E-state index contributed by atoms with van der Waals surface area (Å²) in [4.78, 5) is 37.6. The van der Waals surface area contributed by atoms with E-state index in [1.54, 1.807) is 23.6 Å². The lowest BCUT2D eigenvalue weighted by Gasteiger charge is -2.16. The largest absolute Gasteiger partial charge is 0.336 e. The number of amides is 2. The minimum absolute atomic E-state index is 0.0421. The highest BCUT2D eigenvalue weighted by atomic mass is 32.1. The third kappa shape index (κ3) is 5.27. The Morgan fingerprint density at radius 3 is 2.62 bits per heavy atom. The molecule has 0 radical (unpaired) electrons. The van der Waals surface area contributed by atoms with Crippen LogP contribution in [0.2, 0.25) is 0 Å². The van der Waals surface area contributed by atoms with E-state index in [1.807, 2.05) is 0 Å². The average molecular weight is 348 g/mol. The maximum absolute atomic E-state index is 13.1. The molecule has 1 N–H and O–H groups in total. The van der Waals surface area contributed by atoms with Crippen LogP contribution in [0.5, 0.6) is 0 Å². The lowest BCUT2D eigenvalue weighted by atomic mass is 10.2. The number of halogens is 1. The minimum Gasteiger partial charge on any atom is -0.336 e. The van der Waals surface area contributed by atoms with Gasteiger partial charge in [-0.2, -0.15) is 0 Å². The molecule has 2 aromatic rings. The number of carbonyl (C=O) groups excluding carboxylic acids is 3. The number of likely N-dealkylation sites (N-methyl/N-ethyl adjacent to an activating group) is 1. The fraction of sp³-hybridized carbons (Fsp3) is 0.235. The van der Waals surface area contributed by atoms with Gasteiger partial charge in [0.15, 0.2) is 5.78 Å². The zero-order chi connectivity index (χ0) is 17.5. The van der Waals surface area contributed by atoms with E-state index in [4.69, 9.17) is 0 Å². The second-order valence-electron chi connectivity index (χ2n) is 5.21. The second-order valence-corrected chi connectivity index (χ2v) is 6.16. The Kier molecular flexibility index (Phi) is 6.20. The molecule has 0 bridgehead atoms. The highest BCUT2D eigenvalue weighted by Gasteiger charge is 2.15. The number of Topliss-reactive ketones (excluding diaryl/α,β-unsaturated/α-hetero) is 1. The number of anilines is 1. The van der Waals surface area contributed by atoms with E-state index < -0.39 is 11.7 Å². The molecule has 24 heavy (non-hydrogen) atoms. The van der Waals surface area contributed by atoms with Gasteiger partial charge in [0.2, 0.25) is 11.8 Å². The molecular weight excluding hydrogens is 331 g/mol. The number of hydrogen-bond donors (Lipinski definition) is 1. The van der Waals surface area contributed by atoms with Crippen molar-refractivity contribution in [1.82, 2.24) is 4.90 Å². The molecule has 0 aliphatic heterocycles. The van der Waals surface area contributed by atoms with Crippen LogP contribution in [0, 0.1) is 5.82 Å². The molecule has 0 fully saturated rings. The van der Waals surface area contributed by atoms with E-state index in [2.05, 4.69) is 5.32 Å². The van der Waals surface area contributed by atoms with Crippen molar-refractivity contribution in [3.05, 3.63) is 52.5 Å². The number of rotatable bonds is 7. The lowest BCUT2D eigenvalue weighted by Crippen LogP contribution is -2.35. The summed E-state index contributed by atoms with van der Waals surface area (Å²) in [5.41, 5.74) is 0.328. The first-order chi connectivity index (χ1) is 11.5. The Balaban J connectivity index is 1.78.